The molecule has 3 aromatic rings. The van der Waals surface area contributed by atoms with E-state index >= 15 is 0 Å². The average Bonchev–Trinajstić information content (AvgIpc) is 2.95. The smallest absolute Gasteiger partial charge is 0.354 e. The fourth-order valence-electron chi connectivity index (χ4n) is 5.05. The van der Waals surface area contributed by atoms with Gasteiger partial charge in [0.1, 0.15) is 5.82 Å². The standard InChI is InChI=1S/C28H28F6N6O/c1-2-38-10-12-39(13-11-38)25-22-17-40(9-8-23(22)36-24(37-25)18-6-4-3-5-7-18)26(41)35-21-15-19(27(29,30)31)14-20(16-21)28(32,33)34/h3-7,14-16H,2,8-13,17H2,1H3,(H,35,41). The molecule has 0 aliphatic carbocycles. The van der Waals surface area contributed by atoms with E-state index in [1.807, 2.05) is 30.3 Å². The van der Waals surface area contributed by atoms with Gasteiger partial charge in [-0.15, -0.1) is 0 Å². The fourth-order valence-corrected chi connectivity index (χ4v) is 5.05. The summed E-state index contributed by atoms with van der Waals surface area (Å²) >= 11 is 0. The first-order valence-corrected chi connectivity index (χ1v) is 13.2. The van der Waals surface area contributed by atoms with Crippen LogP contribution in [0.4, 0.5) is 42.6 Å². The molecule has 218 valence electrons. The van der Waals surface area contributed by atoms with Crippen molar-refractivity contribution in [1.82, 2.24) is 19.8 Å². The number of piperazine rings is 1. The number of urea groups is 1. The zero-order chi connectivity index (χ0) is 29.4. The number of nitrogens with zero attached hydrogens (tertiary/aromatic N) is 5. The van der Waals surface area contributed by atoms with Crippen molar-refractivity contribution in [1.29, 1.82) is 0 Å². The van der Waals surface area contributed by atoms with Gasteiger partial charge in [-0.25, -0.2) is 14.8 Å². The van der Waals surface area contributed by atoms with Crippen LogP contribution in [0.5, 0.6) is 0 Å². The minimum Gasteiger partial charge on any atom is -0.354 e. The van der Waals surface area contributed by atoms with Gasteiger partial charge in [-0.05, 0) is 24.7 Å². The number of halogens is 6. The van der Waals surface area contributed by atoms with Crippen LogP contribution in [0.2, 0.25) is 0 Å². The Morgan fingerprint density at radius 2 is 1.51 bits per heavy atom. The van der Waals surface area contributed by atoms with Crippen LogP contribution in [0.3, 0.4) is 0 Å². The molecule has 0 atom stereocenters. The van der Waals surface area contributed by atoms with E-state index in [4.69, 9.17) is 9.97 Å². The van der Waals surface area contributed by atoms with Crippen LogP contribution in [-0.4, -0.2) is 65.1 Å². The Kier molecular flexibility index (Phi) is 7.82. The topological polar surface area (TPSA) is 64.6 Å². The Hall–Kier alpha value is -3.87. The molecule has 2 aliphatic rings. The van der Waals surface area contributed by atoms with Gasteiger partial charge in [-0.3, -0.25) is 0 Å². The number of nitrogens with one attached hydrogen (secondary N) is 1. The Morgan fingerprint density at radius 3 is 2.10 bits per heavy atom. The first kappa shape index (κ1) is 28.7. The molecular formula is C28H28F6N6O. The number of benzene rings is 2. The first-order chi connectivity index (χ1) is 19.4. The van der Waals surface area contributed by atoms with E-state index in [1.165, 1.54) is 4.90 Å². The van der Waals surface area contributed by atoms with E-state index in [0.717, 1.165) is 36.5 Å². The van der Waals surface area contributed by atoms with Crippen molar-refractivity contribution in [3.63, 3.8) is 0 Å². The minimum absolute atomic E-state index is 0.0268. The SMILES string of the molecule is CCN1CCN(c2nc(-c3ccccc3)nc3c2CN(C(=O)Nc2cc(C(F)(F)F)cc(C(F)(F)F)c2)CC3)CC1. The van der Waals surface area contributed by atoms with Gasteiger partial charge in [0.15, 0.2) is 5.82 Å². The van der Waals surface area contributed by atoms with Crippen molar-refractivity contribution < 1.29 is 31.1 Å². The lowest BCUT2D eigenvalue weighted by Crippen LogP contribution is -2.47. The molecule has 2 amide bonds. The number of anilines is 2. The van der Waals surface area contributed by atoms with E-state index in [1.54, 1.807) is 0 Å². The summed E-state index contributed by atoms with van der Waals surface area (Å²) < 4.78 is 79.8. The second-order valence-corrected chi connectivity index (χ2v) is 9.98. The maximum atomic E-state index is 13.3. The monoisotopic (exact) mass is 578 g/mol. The predicted octanol–water partition coefficient (Wildman–Crippen LogP) is 5.91. The highest BCUT2D eigenvalue weighted by atomic mass is 19.4. The van der Waals surface area contributed by atoms with Crippen LogP contribution in [0.15, 0.2) is 48.5 Å². The average molecular weight is 579 g/mol. The molecule has 1 aromatic heterocycles. The van der Waals surface area contributed by atoms with Crippen molar-refractivity contribution in [2.45, 2.75) is 32.2 Å². The van der Waals surface area contributed by atoms with Gasteiger partial charge < -0.3 is 20.0 Å². The molecule has 0 unspecified atom stereocenters. The van der Waals surface area contributed by atoms with Crippen LogP contribution in [0.25, 0.3) is 11.4 Å². The number of likely N-dealkylation sites (N-methyl/N-ethyl adjacent to an activating group) is 1. The number of alkyl halides is 6. The lowest BCUT2D eigenvalue weighted by atomic mass is 10.0. The molecule has 0 saturated carbocycles. The highest BCUT2D eigenvalue weighted by molar-refractivity contribution is 5.90. The van der Waals surface area contributed by atoms with Crippen molar-refractivity contribution in [3.05, 3.63) is 70.9 Å². The van der Waals surface area contributed by atoms with Gasteiger partial charge >= 0.3 is 18.4 Å². The third-order valence-electron chi connectivity index (χ3n) is 7.32. The molecule has 5 rings (SSSR count). The second kappa shape index (κ2) is 11.2. The fraction of sp³-hybridized carbons (Fsp3) is 0.393. The number of amides is 2. The molecule has 0 radical (unpaired) electrons. The van der Waals surface area contributed by atoms with Crippen LogP contribution in [0.1, 0.15) is 29.3 Å². The molecule has 13 heteroatoms. The van der Waals surface area contributed by atoms with E-state index in [9.17, 15) is 31.1 Å². The Balaban J connectivity index is 1.44. The van der Waals surface area contributed by atoms with E-state index in [-0.39, 0.29) is 19.2 Å². The molecule has 41 heavy (non-hydrogen) atoms. The number of rotatable bonds is 4. The molecular weight excluding hydrogens is 550 g/mol. The first-order valence-electron chi connectivity index (χ1n) is 13.2. The summed E-state index contributed by atoms with van der Waals surface area (Å²) in [5, 5.41) is 2.24. The van der Waals surface area contributed by atoms with Crippen molar-refractivity contribution >= 4 is 17.5 Å². The second-order valence-electron chi connectivity index (χ2n) is 9.98. The molecule has 1 N–H and O–H groups in total. The highest BCUT2D eigenvalue weighted by Gasteiger charge is 2.37. The van der Waals surface area contributed by atoms with Crippen molar-refractivity contribution in [2.75, 3.05) is 49.5 Å². The lowest BCUT2D eigenvalue weighted by molar-refractivity contribution is -0.143. The maximum absolute atomic E-state index is 13.3. The van der Waals surface area contributed by atoms with E-state index < -0.39 is 35.2 Å². The molecule has 3 heterocycles. The van der Waals surface area contributed by atoms with E-state index in [2.05, 4.69) is 22.0 Å². The molecule has 0 bridgehead atoms. The van der Waals surface area contributed by atoms with E-state index in [0.29, 0.717) is 43.3 Å². The van der Waals surface area contributed by atoms with Gasteiger partial charge in [0.05, 0.1) is 23.4 Å². The molecule has 1 saturated heterocycles. The summed E-state index contributed by atoms with van der Waals surface area (Å²) in [6.45, 7) is 6.33. The normalized spacial score (nSPS) is 16.5. The number of carbonyl (C=O) groups is 1. The Bertz CT molecular complexity index is 1370. The third kappa shape index (κ3) is 6.39. The van der Waals surface area contributed by atoms with Crippen LogP contribution < -0.4 is 10.2 Å². The highest BCUT2D eigenvalue weighted by Crippen LogP contribution is 2.38. The quantitative estimate of drug-likeness (QED) is 0.390. The van der Waals surface area contributed by atoms with Gasteiger partial charge in [0.25, 0.3) is 0 Å². The number of hydrogen-bond donors (Lipinski definition) is 1. The van der Waals surface area contributed by atoms with Gasteiger partial charge in [0.2, 0.25) is 0 Å². The minimum atomic E-state index is -5.02. The Morgan fingerprint density at radius 1 is 0.878 bits per heavy atom. The van der Waals surface area contributed by atoms with Crippen LogP contribution in [-0.2, 0) is 25.3 Å². The number of carbonyl (C=O) groups excluding carboxylic acids is 1. The predicted molar refractivity (Wildman–Crippen MR) is 141 cm³/mol. The van der Waals surface area contributed by atoms with Gasteiger partial charge in [0, 0.05) is 56.0 Å². The summed E-state index contributed by atoms with van der Waals surface area (Å²) in [6.07, 6.45) is -9.69. The number of fused-ring (bicyclic) bond motifs is 1. The summed E-state index contributed by atoms with van der Waals surface area (Å²) in [5.74, 6) is 1.24. The zero-order valence-corrected chi connectivity index (χ0v) is 22.2. The summed E-state index contributed by atoms with van der Waals surface area (Å²) in [5.41, 5.74) is -1.27. The van der Waals surface area contributed by atoms with Crippen molar-refractivity contribution in [3.8, 4) is 11.4 Å². The third-order valence-corrected chi connectivity index (χ3v) is 7.32. The molecule has 2 aliphatic heterocycles. The van der Waals surface area contributed by atoms with Crippen molar-refractivity contribution in [2.24, 2.45) is 0 Å². The molecule has 2 aromatic carbocycles. The molecule has 7 nitrogen and oxygen atoms in total. The van der Waals surface area contributed by atoms with Crippen LogP contribution in [0, 0.1) is 0 Å². The van der Waals surface area contributed by atoms with Gasteiger partial charge in [-0.1, -0.05) is 37.3 Å². The molecule has 1 fully saturated rings. The number of aromatic nitrogens is 2. The maximum Gasteiger partial charge on any atom is 0.416 e. The van der Waals surface area contributed by atoms with Crippen LogP contribution >= 0.6 is 0 Å². The lowest BCUT2D eigenvalue weighted by Gasteiger charge is -2.38. The zero-order valence-electron chi connectivity index (χ0n) is 22.2. The summed E-state index contributed by atoms with van der Waals surface area (Å²) in [7, 11) is 0. The molecule has 0 spiro atoms. The summed E-state index contributed by atoms with van der Waals surface area (Å²) in [4.78, 5) is 28.6. The summed E-state index contributed by atoms with van der Waals surface area (Å²) in [6, 6.07) is 9.71. The Labute approximate surface area is 232 Å². The largest absolute Gasteiger partial charge is 0.416 e. The van der Waals surface area contributed by atoms with Gasteiger partial charge in [-0.2, -0.15) is 26.3 Å². The number of hydrogen-bond acceptors (Lipinski definition) is 5.